The van der Waals surface area contributed by atoms with Gasteiger partial charge in [0.25, 0.3) is 0 Å². The molecule has 0 radical (unpaired) electrons. The second-order valence-corrected chi connectivity index (χ2v) is 6.34. The molecule has 5 heteroatoms. The standard InChI is InChI=1S/C13H13BrClNOS/c14-9-4-8(5-10(15)6-9)13(17)11(7-16)12-2-1-3-18-12/h1-6,11,13,17H,7,16H2. The maximum Gasteiger partial charge on any atom is 0.0879 e. The van der Waals surface area contributed by atoms with Crippen molar-refractivity contribution in [1.29, 1.82) is 0 Å². The number of halogens is 2. The molecule has 0 fully saturated rings. The lowest BCUT2D eigenvalue weighted by Crippen LogP contribution is -2.19. The lowest BCUT2D eigenvalue weighted by molar-refractivity contribution is 0.149. The quantitative estimate of drug-likeness (QED) is 0.881. The van der Waals surface area contributed by atoms with Crippen LogP contribution in [0.15, 0.2) is 40.2 Å². The Hall–Kier alpha value is -0.390. The zero-order valence-corrected chi connectivity index (χ0v) is 12.7. The van der Waals surface area contributed by atoms with Crippen molar-refractivity contribution in [2.24, 2.45) is 5.73 Å². The maximum atomic E-state index is 10.4. The summed E-state index contributed by atoms with van der Waals surface area (Å²) in [5.41, 5.74) is 6.56. The van der Waals surface area contributed by atoms with Crippen molar-refractivity contribution < 1.29 is 5.11 Å². The van der Waals surface area contributed by atoms with Crippen molar-refractivity contribution in [2.75, 3.05) is 6.54 Å². The molecule has 2 rings (SSSR count). The fourth-order valence-electron chi connectivity index (χ4n) is 1.88. The third kappa shape index (κ3) is 3.13. The van der Waals surface area contributed by atoms with Crippen molar-refractivity contribution in [1.82, 2.24) is 0 Å². The SMILES string of the molecule is NCC(c1cccs1)C(O)c1cc(Cl)cc(Br)c1. The van der Waals surface area contributed by atoms with Crippen molar-refractivity contribution in [3.8, 4) is 0 Å². The summed E-state index contributed by atoms with van der Waals surface area (Å²) in [5.74, 6) is -0.102. The zero-order chi connectivity index (χ0) is 13.1. The number of aliphatic hydroxyl groups is 1. The first-order valence-electron chi connectivity index (χ1n) is 5.49. The second kappa shape index (κ2) is 6.17. The number of benzene rings is 1. The molecule has 2 nitrogen and oxygen atoms in total. The Bertz CT molecular complexity index is 497. The summed E-state index contributed by atoms with van der Waals surface area (Å²) in [7, 11) is 0. The van der Waals surface area contributed by atoms with Gasteiger partial charge in [0.05, 0.1) is 6.10 Å². The Morgan fingerprint density at radius 3 is 2.72 bits per heavy atom. The smallest absolute Gasteiger partial charge is 0.0879 e. The van der Waals surface area contributed by atoms with Crippen LogP contribution in [-0.4, -0.2) is 11.7 Å². The number of hydrogen-bond donors (Lipinski definition) is 2. The molecule has 0 aliphatic heterocycles. The lowest BCUT2D eigenvalue weighted by atomic mass is 9.94. The van der Waals surface area contributed by atoms with Gasteiger partial charge in [-0.25, -0.2) is 0 Å². The van der Waals surface area contributed by atoms with Crippen LogP contribution < -0.4 is 5.73 Å². The summed E-state index contributed by atoms with van der Waals surface area (Å²) in [6.07, 6.45) is -0.649. The summed E-state index contributed by atoms with van der Waals surface area (Å²) in [6, 6.07) is 9.38. The van der Waals surface area contributed by atoms with Gasteiger partial charge < -0.3 is 10.8 Å². The van der Waals surface area contributed by atoms with Gasteiger partial charge in [0.2, 0.25) is 0 Å². The molecule has 0 saturated heterocycles. The molecule has 2 unspecified atom stereocenters. The van der Waals surface area contributed by atoms with Gasteiger partial charge in [-0.05, 0) is 35.2 Å². The first-order valence-corrected chi connectivity index (χ1v) is 7.54. The molecule has 1 aromatic heterocycles. The van der Waals surface area contributed by atoms with E-state index in [1.807, 2.05) is 23.6 Å². The van der Waals surface area contributed by atoms with E-state index in [1.54, 1.807) is 23.5 Å². The summed E-state index contributed by atoms with van der Waals surface area (Å²) in [4.78, 5) is 1.08. The molecule has 0 amide bonds. The fourth-order valence-corrected chi connectivity index (χ4v) is 3.64. The van der Waals surface area contributed by atoms with E-state index in [2.05, 4.69) is 15.9 Å². The second-order valence-electron chi connectivity index (χ2n) is 4.01. The molecule has 0 aliphatic carbocycles. The molecule has 1 heterocycles. The van der Waals surface area contributed by atoms with E-state index in [1.165, 1.54) is 0 Å². The maximum absolute atomic E-state index is 10.4. The molecular formula is C13H13BrClNOS. The van der Waals surface area contributed by atoms with Gasteiger partial charge in [0, 0.05) is 26.8 Å². The predicted molar refractivity (Wildman–Crippen MR) is 80.2 cm³/mol. The minimum absolute atomic E-state index is 0.102. The normalized spacial score (nSPS) is 14.4. The molecule has 1 aromatic carbocycles. The van der Waals surface area contributed by atoms with E-state index in [0.29, 0.717) is 11.6 Å². The highest BCUT2D eigenvalue weighted by Crippen LogP contribution is 2.34. The molecular weight excluding hydrogens is 334 g/mol. The highest BCUT2D eigenvalue weighted by atomic mass is 79.9. The van der Waals surface area contributed by atoms with Gasteiger partial charge in [-0.1, -0.05) is 33.6 Å². The zero-order valence-electron chi connectivity index (χ0n) is 9.51. The van der Waals surface area contributed by atoms with Gasteiger partial charge in [-0.3, -0.25) is 0 Å². The Balaban J connectivity index is 2.31. The molecule has 3 N–H and O–H groups in total. The van der Waals surface area contributed by atoms with Crippen molar-refractivity contribution in [3.05, 3.63) is 55.6 Å². The molecule has 96 valence electrons. The summed E-state index contributed by atoms with van der Waals surface area (Å²) >= 11 is 11.0. The Morgan fingerprint density at radius 2 is 2.17 bits per heavy atom. The minimum Gasteiger partial charge on any atom is -0.388 e. The van der Waals surface area contributed by atoms with Crippen LogP contribution >= 0.6 is 38.9 Å². The van der Waals surface area contributed by atoms with E-state index in [9.17, 15) is 5.11 Å². The topological polar surface area (TPSA) is 46.2 Å². The van der Waals surface area contributed by atoms with Crippen LogP contribution in [0.2, 0.25) is 5.02 Å². The summed E-state index contributed by atoms with van der Waals surface area (Å²) in [6.45, 7) is 0.395. The van der Waals surface area contributed by atoms with Crippen LogP contribution in [0.1, 0.15) is 22.5 Å². The Kier molecular flexibility index (Phi) is 4.81. The summed E-state index contributed by atoms with van der Waals surface area (Å²) < 4.78 is 0.853. The van der Waals surface area contributed by atoms with Crippen LogP contribution in [-0.2, 0) is 0 Å². The molecule has 0 spiro atoms. The third-order valence-corrected chi connectivity index (χ3v) is 4.45. The van der Waals surface area contributed by atoms with Gasteiger partial charge >= 0.3 is 0 Å². The van der Waals surface area contributed by atoms with Crippen LogP contribution in [0, 0.1) is 0 Å². The van der Waals surface area contributed by atoms with Crippen LogP contribution in [0.25, 0.3) is 0 Å². The average molecular weight is 347 g/mol. The highest BCUT2D eigenvalue weighted by molar-refractivity contribution is 9.10. The van der Waals surface area contributed by atoms with E-state index >= 15 is 0 Å². The van der Waals surface area contributed by atoms with E-state index in [0.717, 1.165) is 14.9 Å². The van der Waals surface area contributed by atoms with E-state index in [4.69, 9.17) is 17.3 Å². The van der Waals surface area contributed by atoms with E-state index < -0.39 is 6.10 Å². The van der Waals surface area contributed by atoms with Gasteiger partial charge in [-0.2, -0.15) is 0 Å². The van der Waals surface area contributed by atoms with Crippen molar-refractivity contribution in [3.63, 3.8) is 0 Å². The first-order chi connectivity index (χ1) is 8.61. The highest BCUT2D eigenvalue weighted by Gasteiger charge is 2.22. The van der Waals surface area contributed by atoms with Crippen LogP contribution in [0.5, 0.6) is 0 Å². The predicted octanol–water partition coefficient (Wildman–Crippen LogP) is 3.94. The minimum atomic E-state index is -0.649. The van der Waals surface area contributed by atoms with Gasteiger partial charge in [0.1, 0.15) is 0 Å². The van der Waals surface area contributed by atoms with Gasteiger partial charge in [-0.15, -0.1) is 11.3 Å². The molecule has 0 saturated carbocycles. The molecule has 2 aromatic rings. The van der Waals surface area contributed by atoms with Crippen LogP contribution in [0.3, 0.4) is 0 Å². The molecule has 2 atom stereocenters. The lowest BCUT2D eigenvalue weighted by Gasteiger charge is -2.21. The number of rotatable bonds is 4. The van der Waals surface area contributed by atoms with Gasteiger partial charge in [0.15, 0.2) is 0 Å². The molecule has 18 heavy (non-hydrogen) atoms. The van der Waals surface area contributed by atoms with Crippen LogP contribution in [0.4, 0.5) is 0 Å². The van der Waals surface area contributed by atoms with Crippen molar-refractivity contribution >= 4 is 38.9 Å². The number of hydrogen-bond acceptors (Lipinski definition) is 3. The Labute approximate surface area is 124 Å². The number of thiophene rings is 1. The largest absolute Gasteiger partial charge is 0.388 e. The van der Waals surface area contributed by atoms with Crippen molar-refractivity contribution in [2.45, 2.75) is 12.0 Å². The Morgan fingerprint density at radius 1 is 1.39 bits per heavy atom. The monoisotopic (exact) mass is 345 g/mol. The first kappa shape index (κ1) is 14.0. The summed E-state index contributed by atoms with van der Waals surface area (Å²) in [5, 5.41) is 13.0. The average Bonchev–Trinajstić information content (AvgIpc) is 2.82. The third-order valence-electron chi connectivity index (χ3n) is 2.77. The molecule has 0 bridgehead atoms. The number of nitrogens with two attached hydrogens (primary N) is 1. The van der Waals surface area contributed by atoms with E-state index in [-0.39, 0.29) is 5.92 Å². The fraction of sp³-hybridized carbons (Fsp3) is 0.231. The molecule has 0 aliphatic rings. The number of aliphatic hydroxyl groups excluding tert-OH is 1.